The molecule has 6 heteroatoms. The SMILES string of the molecule is O=C(O)CC(NCc1occc1Br)c1cccs1. The number of hydrogen-bond donors (Lipinski definition) is 2. The zero-order valence-corrected chi connectivity index (χ0v) is 11.8. The van der Waals surface area contributed by atoms with E-state index in [2.05, 4.69) is 21.2 Å². The van der Waals surface area contributed by atoms with Gasteiger partial charge in [-0.05, 0) is 33.4 Å². The smallest absolute Gasteiger partial charge is 0.305 e. The molecule has 0 aliphatic heterocycles. The summed E-state index contributed by atoms with van der Waals surface area (Å²) in [6, 6.07) is 5.47. The molecule has 4 nitrogen and oxygen atoms in total. The van der Waals surface area contributed by atoms with Crippen LogP contribution in [0.25, 0.3) is 0 Å². The van der Waals surface area contributed by atoms with Gasteiger partial charge in [-0.25, -0.2) is 0 Å². The van der Waals surface area contributed by atoms with Crippen molar-refractivity contribution in [1.82, 2.24) is 5.32 Å². The molecule has 0 saturated carbocycles. The third-order valence-electron chi connectivity index (χ3n) is 2.47. The molecule has 1 atom stereocenters. The Morgan fingerprint density at radius 1 is 1.56 bits per heavy atom. The van der Waals surface area contributed by atoms with Gasteiger partial charge in [-0.3, -0.25) is 4.79 Å². The van der Waals surface area contributed by atoms with Gasteiger partial charge in [0, 0.05) is 4.88 Å². The first-order valence-corrected chi connectivity index (χ1v) is 7.04. The van der Waals surface area contributed by atoms with Crippen LogP contribution in [0.2, 0.25) is 0 Å². The van der Waals surface area contributed by atoms with Crippen molar-refractivity contribution in [3.63, 3.8) is 0 Å². The summed E-state index contributed by atoms with van der Waals surface area (Å²) in [6.45, 7) is 0.490. The van der Waals surface area contributed by atoms with E-state index in [4.69, 9.17) is 9.52 Å². The molecular formula is C12H12BrNO3S. The van der Waals surface area contributed by atoms with Gasteiger partial charge in [-0.15, -0.1) is 11.3 Å². The van der Waals surface area contributed by atoms with Crippen LogP contribution in [0.4, 0.5) is 0 Å². The van der Waals surface area contributed by atoms with Gasteiger partial charge < -0.3 is 14.8 Å². The van der Waals surface area contributed by atoms with Crippen molar-refractivity contribution < 1.29 is 14.3 Å². The molecule has 0 aliphatic rings. The highest BCUT2D eigenvalue weighted by Gasteiger charge is 2.17. The minimum Gasteiger partial charge on any atom is -0.481 e. The van der Waals surface area contributed by atoms with E-state index in [1.165, 1.54) is 0 Å². The number of furan rings is 1. The fraction of sp³-hybridized carbons (Fsp3) is 0.250. The van der Waals surface area contributed by atoms with E-state index in [1.54, 1.807) is 17.6 Å². The number of halogens is 1. The van der Waals surface area contributed by atoms with E-state index < -0.39 is 5.97 Å². The summed E-state index contributed by atoms with van der Waals surface area (Å²) >= 11 is 4.91. The van der Waals surface area contributed by atoms with Crippen LogP contribution in [0.15, 0.2) is 38.7 Å². The van der Waals surface area contributed by atoms with Crippen LogP contribution in [-0.4, -0.2) is 11.1 Å². The largest absolute Gasteiger partial charge is 0.481 e. The Balaban J connectivity index is 2.02. The standard InChI is InChI=1S/C12H12BrNO3S/c13-8-3-4-17-10(8)7-14-9(6-12(15)16)11-2-1-5-18-11/h1-5,9,14H,6-7H2,(H,15,16). The normalized spacial score (nSPS) is 12.5. The second-order valence-corrected chi connectivity index (χ2v) is 5.57. The van der Waals surface area contributed by atoms with Crippen molar-refractivity contribution in [3.8, 4) is 0 Å². The van der Waals surface area contributed by atoms with Crippen molar-refractivity contribution in [2.75, 3.05) is 0 Å². The van der Waals surface area contributed by atoms with Gasteiger partial charge in [0.2, 0.25) is 0 Å². The second-order valence-electron chi connectivity index (χ2n) is 3.74. The molecule has 2 N–H and O–H groups in total. The molecule has 0 aliphatic carbocycles. The molecule has 0 aromatic carbocycles. The molecule has 2 aromatic heterocycles. The zero-order valence-electron chi connectivity index (χ0n) is 9.43. The molecule has 0 amide bonds. The molecule has 0 fully saturated rings. The van der Waals surface area contributed by atoms with Crippen LogP contribution in [0.1, 0.15) is 23.1 Å². The Kier molecular flexibility index (Phi) is 4.57. The third-order valence-corrected chi connectivity index (χ3v) is 4.16. The molecule has 0 saturated heterocycles. The lowest BCUT2D eigenvalue weighted by Gasteiger charge is -2.14. The van der Waals surface area contributed by atoms with Crippen LogP contribution < -0.4 is 5.32 Å². The zero-order chi connectivity index (χ0) is 13.0. The van der Waals surface area contributed by atoms with Crippen LogP contribution >= 0.6 is 27.3 Å². The maximum absolute atomic E-state index is 10.9. The molecular weight excluding hydrogens is 318 g/mol. The average Bonchev–Trinajstić information content (AvgIpc) is 2.95. The highest BCUT2D eigenvalue weighted by molar-refractivity contribution is 9.10. The van der Waals surface area contributed by atoms with E-state index in [9.17, 15) is 4.79 Å². The molecule has 18 heavy (non-hydrogen) atoms. The van der Waals surface area contributed by atoms with E-state index in [0.29, 0.717) is 6.54 Å². The molecule has 2 rings (SSSR count). The Labute approximate surface area is 117 Å². The van der Waals surface area contributed by atoms with Gasteiger partial charge in [0.15, 0.2) is 0 Å². The summed E-state index contributed by atoms with van der Waals surface area (Å²) in [6.07, 6.45) is 1.65. The lowest BCUT2D eigenvalue weighted by Crippen LogP contribution is -2.22. The highest BCUT2D eigenvalue weighted by Crippen LogP contribution is 2.24. The summed E-state index contributed by atoms with van der Waals surface area (Å²) in [5, 5.41) is 14.1. The summed E-state index contributed by atoms with van der Waals surface area (Å²) in [7, 11) is 0. The number of hydrogen-bond acceptors (Lipinski definition) is 4. The first-order valence-electron chi connectivity index (χ1n) is 5.37. The predicted octanol–water partition coefficient (Wildman–Crippen LogP) is 3.41. The summed E-state index contributed by atoms with van der Waals surface area (Å²) < 4.78 is 6.17. The van der Waals surface area contributed by atoms with E-state index in [-0.39, 0.29) is 12.5 Å². The Bertz CT molecular complexity index is 509. The minimum absolute atomic E-state index is 0.0544. The monoisotopic (exact) mass is 329 g/mol. The van der Waals surface area contributed by atoms with Crippen molar-refractivity contribution in [2.45, 2.75) is 19.0 Å². The number of nitrogens with one attached hydrogen (secondary N) is 1. The van der Waals surface area contributed by atoms with E-state index >= 15 is 0 Å². The van der Waals surface area contributed by atoms with E-state index in [1.807, 2.05) is 23.6 Å². The number of rotatable bonds is 6. The van der Waals surface area contributed by atoms with Gasteiger partial charge in [-0.1, -0.05) is 6.07 Å². The van der Waals surface area contributed by atoms with E-state index in [0.717, 1.165) is 15.1 Å². The van der Waals surface area contributed by atoms with Crippen molar-refractivity contribution in [3.05, 3.63) is 45.0 Å². The molecule has 96 valence electrons. The maximum atomic E-state index is 10.9. The van der Waals surface area contributed by atoms with Gasteiger partial charge in [0.25, 0.3) is 0 Å². The molecule has 1 unspecified atom stereocenters. The van der Waals surface area contributed by atoms with Crippen LogP contribution in [0.5, 0.6) is 0 Å². The maximum Gasteiger partial charge on any atom is 0.305 e. The van der Waals surface area contributed by atoms with Crippen molar-refractivity contribution >= 4 is 33.2 Å². The molecule has 0 spiro atoms. The van der Waals surface area contributed by atoms with Crippen LogP contribution in [-0.2, 0) is 11.3 Å². The fourth-order valence-electron chi connectivity index (χ4n) is 1.60. The topological polar surface area (TPSA) is 62.5 Å². The van der Waals surface area contributed by atoms with Crippen LogP contribution in [0, 0.1) is 0 Å². The lowest BCUT2D eigenvalue weighted by molar-refractivity contribution is -0.137. The average molecular weight is 330 g/mol. The lowest BCUT2D eigenvalue weighted by atomic mass is 10.1. The molecule has 0 bridgehead atoms. The number of carboxylic acid groups (broad SMARTS) is 1. The fourth-order valence-corrected chi connectivity index (χ4v) is 2.75. The summed E-state index contributed by atoms with van der Waals surface area (Å²) in [5.74, 6) is -0.0543. The second kappa shape index (κ2) is 6.17. The first-order chi connectivity index (χ1) is 8.66. The Morgan fingerprint density at radius 3 is 2.94 bits per heavy atom. The number of thiophene rings is 1. The minimum atomic E-state index is -0.820. The van der Waals surface area contributed by atoms with Crippen LogP contribution in [0.3, 0.4) is 0 Å². The number of carboxylic acids is 1. The first kappa shape index (κ1) is 13.3. The van der Waals surface area contributed by atoms with Gasteiger partial charge in [0.1, 0.15) is 5.76 Å². The molecule has 2 aromatic rings. The predicted molar refractivity (Wildman–Crippen MR) is 72.6 cm³/mol. The summed E-state index contributed by atoms with van der Waals surface area (Å²) in [5.41, 5.74) is 0. The Morgan fingerprint density at radius 2 is 2.39 bits per heavy atom. The summed E-state index contributed by atoms with van der Waals surface area (Å²) in [4.78, 5) is 11.9. The quantitative estimate of drug-likeness (QED) is 0.852. The van der Waals surface area contributed by atoms with Gasteiger partial charge >= 0.3 is 5.97 Å². The van der Waals surface area contributed by atoms with Gasteiger partial charge in [-0.2, -0.15) is 0 Å². The van der Waals surface area contributed by atoms with Gasteiger partial charge in [0.05, 0.1) is 29.7 Å². The Hall–Kier alpha value is -1.11. The number of carbonyl (C=O) groups is 1. The molecule has 2 heterocycles. The molecule has 0 radical (unpaired) electrons. The van der Waals surface area contributed by atoms with Crippen molar-refractivity contribution in [2.24, 2.45) is 0 Å². The third kappa shape index (κ3) is 3.44. The van der Waals surface area contributed by atoms with Crippen molar-refractivity contribution in [1.29, 1.82) is 0 Å². The highest BCUT2D eigenvalue weighted by atomic mass is 79.9. The number of aliphatic carboxylic acids is 1.